The molecule has 0 aliphatic carbocycles. The van der Waals surface area contributed by atoms with E-state index in [0.717, 1.165) is 51.4 Å². The molecule has 0 bridgehead atoms. The summed E-state index contributed by atoms with van der Waals surface area (Å²) in [4.78, 5) is 11.8. The van der Waals surface area contributed by atoms with Crippen molar-refractivity contribution in [3.63, 3.8) is 0 Å². The molecule has 0 aromatic heterocycles. The standard InChI is InChI=1S/C21H34O5/c1-2-3-4-5-6-7-8-9-10-11-12-13-14-15-16-17-19(23)21(25)20(24,18-22)26-21/h3-4,6-7,9-10,22,24-25H,2,5,8,11-18H2,1H3/b4-3-,7-6-,10-9-. The third kappa shape index (κ3) is 7.54. The van der Waals surface area contributed by atoms with Crippen molar-refractivity contribution in [2.75, 3.05) is 6.61 Å². The van der Waals surface area contributed by atoms with Crippen LogP contribution in [0.15, 0.2) is 36.5 Å². The second kappa shape index (κ2) is 12.2. The molecule has 1 aliphatic heterocycles. The molecule has 3 N–H and O–H groups in total. The molecule has 148 valence electrons. The molecule has 2 unspecified atom stereocenters. The maximum absolute atomic E-state index is 11.8. The number of ketones is 1. The van der Waals surface area contributed by atoms with Crippen LogP contribution >= 0.6 is 0 Å². The van der Waals surface area contributed by atoms with Gasteiger partial charge in [-0.3, -0.25) is 9.53 Å². The minimum Gasteiger partial charge on any atom is -0.391 e. The molecule has 2 atom stereocenters. The maximum atomic E-state index is 11.8. The van der Waals surface area contributed by atoms with Gasteiger partial charge in [0.05, 0.1) is 0 Å². The van der Waals surface area contributed by atoms with Gasteiger partial charge >= 0.3 is 0 Å². The predicted molar refractivity (Wildman–Crippen MR) is 102 cm³/mol. The van der Waals surface area contributed by atoms with Gasteiger partial charge in [-0.1, -0.05) is 62.6 Å². The number of hydrogen-bond donors (Lipinski definition) is 3. The van der Waals surface area contributed by atoms with E-state index in [1.54, 1.807) is 0 Å². The Morgan fingerprint density at radius 1 is 0.885 bits per heavy atom. The first kappa shape index (κ1) is 22.8. The van der Waals surface area contributed by atoms with E-state index in [2.05, 4.69) is 48.1 Å². The first-order chi connectivity index (χ1) is 12.5. The summed E-state index contributed by atoms with van der Waals surface area (Å²) in [5.74, 6) is -4.86. The Labute approximate surface area is 157 Å². The van der Waals surface area contributed by atoms with Gasteiger partial charge in [0.1, 0.15) is 6.61 Å². The van der Waals surface area contributed by atoms with Crippen LogP contribution in [0.25, 0.3) is 0 Å². The third-order valence-corrected chi connectivity index (χ3v) is 4.45. The van der Waals surface area contributed by atoms with Crippen LogP contribution < -0.4 is 0 Å². The predicted octanol–water partition coefficient (Wildman–Crippen LogP) is 3.54. The van der Waals surface area contributed by atoms with E-state index in [1.165, 1.54) is 0 Å². The van der Waals surface area contributed by atoms with E-state index in [0.29, 0.717) is 6.42 Å². The van der Waals surface area contributed by atoms with E-state index in [9.17, 15) is 15.0 Å². The van der Waals surface area contributed by atoms with Crippen molar-refractivity contribution in [1.29, 1.82) is 0 Å². The Kier molecular flexibility index (Phi) is 10.7. The zero-order valence-electron chi connectivity index (χ0n) is 15.9. The molecule has 1 aliphatic rings. The van der Waals surface area contributed by atoms with Gasteiger partial charge < -0.3 is 15.3 Å². The summed E-state index contributed by atoms with van der Waals surface area (Å²) >= 11 is 0. The molecule has 26 heavy (non-hydrogen) atoms. The van der Waals surface area contributed by atoms with E-state index < -0.39 is 24.0 Å². The fraction of sp³-hybridized carbons (Fsp3) is 0.667. The molecule has 0 spiro atoms. The van der Waals surface area contributed by atoms with Crippen LogP contribution in [0.4, 0.5) is 0 Å². The second-order valence-corrected chi connectivity index (χ2v) is 6.71. The smallest absolute Gasteiger partial charge is 0.287 e. The van der Waals surface area contributed by atoms with Crippen LogP contribution in [0, 0.1) is 0 Å². The lowest BCUT2D eigenvalue weighted by molar-refractivity contribution is -0.138. The van der Waals surface area contributed by atoms with Crippen molar-refractivity contribution >= 4 is 5.78 Å². The van der Waals surface area contributed by atoms with Gasteiger partial charge in [-0.15, -0.1) is 0 Å². The molecule has 5 heteroatoms. The quantitative estimate of drug-likeness (QED) is 0.234. The minimum absolute atomic E-state index is 0.151. The molecule has 0 radical (unpaired) electrons. The lowest BCUT2D eigenvalue weighted by Crippen LogP contribution is -2.36. The van der Waals surface area contributed by atoms with Crippen LogP contribution in [-0.4, -0.2) is 39.3 Å². The topological polar surface area (TPSA) is 90.3 Å². The minimum atomic E-state index is -2.20. The van der Waals surface area contributed by atoms with Gasteiger partial charge in [0.15, 0.2) is 5.78 Å². The van der Waals surface area contributed by atoms with E-state index in [1.807, 2.05) is 0 Å². The van der Waals surface area contributed by atoms with Crippen molar-refractivity contribution in [3.8, 4) is 0 Å². The highest BCUT2D eigenvalue weighted by atomic mass is 16.8. The van der Waals surface area contributed by atoms with Gasteiger partial charge in [0.2, 0.25) is 0 Å². The van der Waals surface area contributed by atoms with E-state index in [-0.39, 0.29) is 6.42 Å². The third-order valence-electron chi connectivity index (χ3n) is 4.45. The number of aliphatic hydroxyl groups excluding tert-OH is 1. The van der Waals surface area contributed by atoms with Gasteiger partial charge in [-0.25, -0.2) is 0 Å². The molecular weight excluding hydrogens is 332 g/mol. The lowest BCUT2D eigenvalue weighted by atomic mass is 10.0. The summed E-state index contributed by atoms with van der Waals surface area (Å²) in [5, 5.41) is 28.1. The monoisotopic (exact) mass is 366 g/mol. The summed E-state index contributed by atoms with van der Waals surface area (Å²) in [6.07, 6.45) is 22.2. The molecular formula is C21H34O5. The highest BCUT2D eigenvalue weighted by Crippen LogP contribution is 2.44. The van der Waals surface area contributed by atoms with Gasteiger partial charge in [-0.2, -0.15) is 0 Å². The zero-order chi connectivity index (χ0) is 19.3. The fourth-order valence-corrected chi connectivity index (χ4v) is 2.71. The summed E-state index contributed by atoms with van der Waals surface area (Å²) in [5.41, 5.74) is 0. The van der Waals surface area contributed by atoms with Crippen LogP contribution in [0.2, 0.25) is 0 Å². The Balaban J connectivity index is 1.93. The van der Waals surface area contributed by atoms with Gasteiger partial charge in [-0.05, 0) is 38.5 Å². The molecule has 0 aromatic rings. The zero-order valence-corrected chi connectivity index (χ0v) is 15.9. The van der Waals surface area contributed by atoms with Crippen molar-refractivity contribution in [1.82, 2.24) is 0 Å². The Morgan fingerprint density at radius 3 is 2.08 bits per heavy atom. The number of ether oxygens (including phenoxy) is 1. The van der Waals surface area contributed by atoms with Crippen molar-refractivity contribution in [2.45, 2.75) is 82.7 Å². The first-order valence-corrected chi connectivity index (χ1v) is 9.74. The van der Waals surface area contributed by atoms with Crippen LogP contribution in [0.5, 0.6) is 0 Å². The first-order valence-electron chi connectivity index (χ1n) is 9.74. The number of allylic oxidation sites excluding steroid dienone is 6. The molecule has 0 amide bonds. The number of unbranched alkanes of at least 4 members (excludes halogenated alkanes) is 5. The Bertz CT molecular complexity index is 497. The molecule has 1 rings (SSSR count). The second-order valence-electron chi connectivity index (χ2n) is 6.71. The number of hydrogen-bond acceptors (Lipinski definition) is 5. The Hall–Kier alpha value is -1.27. The summed E-state index contributed by atoms with van der Waals surface area (Å²) in [6.45, 7) is 1.35. The number of carbonyl (C=O) groups is 1. The number of epoxide rings is 1. The SMILES string of the molecule is CC/C=C\C/C=C\C/C=C\CCCCCCCC(=O)C1(O)OC1(O)CO. The number of Topliss-reactive ketones (excluding diaryl/α,β-unsaturated/α-hetero) is 1. The van der Waals surface area contributed by atoms with E-state index >= 15 is 0 Å². The lowest BCUT2D eigenvalue weighted by Gasteiger charge is -2.07. The maximum Gasteiger partial charge on any atom is 0.287 e. The van der Waals surface area contributed by atoms with E-state index in [4.69, 9.17) is 5.11 Å². The fourth-order valence-electron chi connectivity index (χ4n) is 2.71. The molecule has 1 fully saturated rings. The summed E-state index contributed by atoms with van der Waals surface area (Å²) < 4.78 is 4.57. The largest absolute Gasteiger partial charge is 0.391 e. The van der Waals surface area contributed by atoms with Crippen LogP contribution in [0.1, 0.15) is 71.1 Å². The molecule has 1 saturated heterocycles. The van der Waals surface area contributed by atoms with Crippen molar-refractivity contribution in [3.05, 3.63) is 36.5 Å². The van der Waals surface area contributed by atoms with Gasteiger partial charge in [0, 0.05) is 6.42 Å². The van der Waals surface area contributed by atoms with Crippen LogP contribution in [0.3, 0.4) is 0 Å². The normalized spacial score (nSPS) is 25.7. The highest BCUT2D eigenvalue weighted by molar-refractivity contribution is 5.89. The van der Waals surface area contributed by atoms with Crippen LogP contribution in [-0.2, 0) is 9.53 Å². The summed E-state index contributed by atoms with van der Waals surface area (Å²) in [6, 6.07) is 0. The molecule has 0 aromatic carbocycles. The summed E-state index contributed by atoms with van der Waals surface area (Å²) in [7, 11) is 0. The average molecular weight is 366 g/mol. The van der Waals surface area contributed by atoms with Crippen molar-refractivity contribution < 1.29 is 24.9 Å². The molecule has 1 heterocycles. The highest BCUT2D eigenvalue weighted by Gasteiger charge is 2.74. The molecule has 5 nitrogen and oxygen atoms in total. The number of carbonyl (C=O) groups excluding carboxylic acids is 1. The van der Waals surface area contributed by atoms with Crippen molar-refractivity contribution in [2.24, 2.45) is 0 Å². The molecule has 0 saturated carbocycles. The Morgan fingerprint density at radius 2 is 1.46 bits per heavy atom. The average Bonchev–Trinajstić information content (AvgIpc) is 3.21. The van der Waals surface area contributed by atoms with Gasteiger partial charge in [0.25, 0.3) is 11.6 Å². The number of aliphatic hydroxyl groups is 3. The number of rotatable bonds is 15.